The number of benzene rings is 3. The van der Waals surface area contributed by atoms with E-state index >= 15 is 0 Å². The average molecular weight is 461 g/mol. The second-order valence-electron chi connectivity index (χ2n) is 6.91. The first-order valence-corrected chi connectivity index (χ1v) is 10.6. The summed E-state index contributed by atoms with van der Waals surface area (Å²) in [4.78, 5) is 20.9. The van der Waals surface area contributed by atoms with Crippen LogP contribution in [0.3, 0.4) is 0 Å². The predicted molar refractivity (Wildman–Crippen MR) is 133 cm³/mol. The number of esters is 1. The van der Waals surface area contributed by atoms with E-state index < -0.39 is 12.1 Å². The van der Waals surface area contributed by atoms with Crippen LogP contribution in [0.1, 0.15) is 29.2 Å². The van der Waals surface area contributed by atoms with Crippen LogP contribution >= 0.6 is 0 Å². The number of rotatable bonds is 9. The molecule has 0 heterocycles. The van der Waals surface area contributed by atoms with Crippen molar-refractivity contribution in [3.05, 3.63) is 108 Å². The number of ether oxygens (including phenoxy) is 3. The van der Waals surface area contributed by atoms with Gasteiger partial charge in [-0.1, -0.05) is 84.9 Å². The van der Waals surface area contributed by atoms with Gasteiger partial charge in [0.15, 0.2) is 11.5 Å². The smallest absolute Gasteiger partial charge is 0.331 e. The van der Waals surface area contributed by atoms with Gasteiger partial charge >= 0.3 is 5.97 Å². The maximum atomic E-state index is 12.6. The molecule has 3 rings (SSSR count). The van der Waals surface area contributed by atoms with E-state index in [9.17, 15) is 4.79 Å². The Morgan fingerprint density at radius 3 is 2.00 bits per heavy atom. The average Bonchev–Trinajstić information content (AvgIpc) is 2.88. The fourth-order valence-electron chi connectivity index (χ4n) is 3.20. The molecule has 0 bridgehead atoms. The molecule has 0 fully saturated rings. The van der Waals surface area contributed by atoms with Gasteiger partial charge in [0.1, 0.15) is 6.10 Å². The number of carbonyl (C=O) groups is 2. The van der Waals surface area contributed by atoms with E-state index in [4.69, 9.17) is 24.1 Å². The summed E-state index contributed by atoms with van der Waals surface area (Å²) in [6, 6.07) is 25.2. The van der Waals surface area contributed by atoms with Gasteiger partial charge in [-0.3, -0.25) is 4.79 Å². The van der Waals surface area contributed by atoms with Gasteiger partial charge < -0.3 is 19.3 Å². The highest BCUT2D eigenvalue weighted by atomic mass is 16.5. The molecule has 6 nitrogen and oxygen atoms in total. The molecule has 0 aliphatic carbocycles. The molecule has 0 saturated heterocycles. The molecule has 1 unspecified atom stereocenters. The third-order valence-electron chi connectivity index (χ3n) is 4.71. The lowest BCUT2D eigenvalue weighted by molar-refractivity contribution is -0.143. The van der Waals surface area contributed by atoms with Crippen molar-refractivity contribution in [2.45, 2.75) is 12.5 Å². The van der Waals surface area contributed by atoms with Crippen molar-refractivity contribution >= 4 is 24.6 Å². The Hall–Kier alpha value is -4.32. The zero-order chi connectivity index (χ0) is 24.6. The quantitative estimate of drug-likeness (QED) is 0.247. The minimum atomic E-state index is -0.530. The Labute approximate surface area is 199 Å². The molecule has 0 aromatic heterocycles. The van der Waals surface area contributed by atoms with Crippen molar-refractivity contribution in [1.82, 2.24) is 0 Å². The highest BCUT2D eigenvalue weighted by Gasteiger charge is 2.21. The third kappa shape index (κ3) is 8.31. The molecule has 1 N–H and O–H groups in total. The number of methoxy groups -OCH3 is 2. The van der Waals surface area contributed by atoms with Crippen LogP contribution in [0.5, 0.6) is 11.5 Å². The highest BCUT2D eigenvalue weighted by molar-refractivity contribution is 5.87. The SMILES string of the molecule is COc1cccc(C(C/C=C/c2ccccc2)OC(=O)/C=C/c2ccccc2)c1OC.O=CO. The second-order valence-corrected chi connectivity index (χ2v) is 6.91. The maximum absolute atomic E-state index is 12.6. The van der Waals surface area contributed by atoms with E-state index in [0.717, 1.165) is 16.7 Å². The summed E-state index contributed by atoms with van der Waals surface area (Å²) in [6.45, 7) is -0.250. The molecule has 0 radical (unpaired) electrons. The van der Waals surface area contributed by atoms with Gasteiger partial charge in [-0.2, -0.15) is 0 Å². The van der Waals surface area contributed by atoms with Crippen molar-refractivity contribution in [2.24, 2.45) is 0 Å². The van der Waals surface area contributed by atoms with E-state index in [0.29, 0.717) is 17.9 Å². The van der Waals surface area contributed by atoms with E-state index in [1.807, 2.05) is 91.0 Å². The standard InChI is InChI=1S/C27H26O4.CH2O2/c1-29-25-18-10-16-23(27(25)30-2)24(17-9-15-21-11-5-3-6-12-21)31-26(28)20-19-22-13-7-4-8-14-22;2-1-3/h3-16,18-20,24H,17H2,1-2H3;1H,(H,2,3)/b15-9+,20-19+;. The normalized spacial score (nSPS) is 11.4. The molecule has 0 amide bonds. The summed E-state index contributed by atoms with van der Waals surface area (Å²) in [5, 5.41) is 6.89. The fraction of sp³-hybridized carbons (Fsp3) is 0.143. The largest absolute Gasteiger partial charge is 0.493 e. The molecule has 1 atom stereocenters. The van der Waals surface area contributed by atoms with Crippen molar-refractivity contribution < 1.29 is 28.9 Å². The van der Waals surface area contributed by atoms with Crippen LogP contribution in [0.15, 0.2) is 91.0 Å². The molecule has 176 valence electrons. The summed E-state index contributed by atoms with van der Waals surface area (Å²) >= 11 is 0. The van der Waals surface area contributed by atoms with Crippen molar-refractivity contribution in [3.8, 4) is 11.5 Å². The summed E-state index contributed by atoms with van der Waals surface area (Å²) < 4.78 is 16.8. The number of hydrogen-bond donors (Lipinski definition) is 1. The van der Waals surface area contributed by atoms with Gasteiger partial charge in [0.2, 0.25) is 0 Å². The summed E-state index contributed by atoms with van der Waals surface area (Å²) in [6.07, 6.45) is 7.14. The Morgan fingerprint density at radius 1 is 0.853 bits per heavy atom. The summed E-state index contributed by atoms with van der Waals surface area (Å²) in [7, 11) is 3.16. The van der Waals surface area contributed by atoms with E-state index in [2.05, 4.69) is 0 Å². The Kier molecular flexibility index (Phi) is 11.2. The zero-order valence-corrected chi connectivity index (χ0v) is 19.2. The van der Waals surface area contributed by atoms with E-state index in [1.165, 1.54) is 6.08 Å². The van der Waals surface area contributed by atoms with Gasteiger partial charge in [-0.15, -0.1) is 0 Å². The number of carboxylic acid groups (broad SMARTS) is 1. The molecule has 3 aromatic carbocycles. The number of carbonyl (C=O) groups excluding carboxylic acids is 1. The molecule has 0 aliphatic heterocycles. The third-order valence-corrected chi connectivity index (χ3v) is 4.71. The van der Waals surface area contributed by atoms with Crippen LogP contribution in [0.25, 0.3) is 12.2 Å². The van der Waals surface area contributed by atoms with E-state index in [-0.39, 0.29) is 6.47 Å². The second kappa shape index (κ2) is 14.7. The van der Waals surface area contributed by atoms with Crippen LogP contribution in [0.2, 0.25) is 0 Å². The van der Waals surface area contributed by atoms with Crippen molar-refractivity contribution in [2.75, 3.05) is 14.2 Å². The van der Waals surface area contributed by atoms with Gasteiger partial charge in [-0.25, -0.2) is 4.79 Å². The van der Waals surface area contributed by atoms with Crippen LogP contribution in [0, 0.1) is 0 Å². The monoisotopic (exact) mass is 460 g/mol. The molecule has 0 saturated carbocycles. The van der Waals surface area contributed by atoms with Crippen molar-refractivity contribution in [1.29, 1.82) is 0 Å². The van der Waals surface area contributed by atoms with Gasteiger partial charge in [0.05, 0.1) is 14.2 Å². The first-order chi connectivity index (χ1) is 16.6. The van der Waals surface area contributed by atoms with E-state index in [1.54, 1.807) is 20.3 Å². The van der Waals surface area contributed by atoms with Gasteiger partial charge in [-0.05, 0) is 23.3 Å². The van der Waals surface area contributed by atoms with Crippen molar-refractivity contribution in [3.63, 3.8) is 0 Å². The Bertz CT molecular complexity index is 1070. The van der Waals surface area contributed by atoms with Crippen LogP contribution in [-0.2, 0) is 14.3 Å². The zero-order valence-electron chi connectivity index (χ0n) is 19.2. The van der Waals surface area contributed by atoms with Crippen LogP contribution in [-0.4, -0.2) is 31.8 Å². The Morgan fingerprint density at radius 2 is 1.44 bits per heavy atom. The molecular weight excluding hydrogens is 432 g/mol. The molecule has 6 heteroatoms. The summed E-state index contributed by atoms with van der Waals surface area (Å²) in [5.74, 6) is 0.725. The maximum Gasteiger partial charge on any atom is 0.331 e. The van der Waals surface area contributed by atoms with Gasteiger partial charge in [0.25, 0.3) is 6.47 Å². The first-order valence-electron chi connectivity index (χ1n) is 10.6. The predicted octanol–water partition coefficient (Wildman–Crippen LogP) is 5.81. The topological polar surface area (TPSA) is 82.1 Å². The molecule has 0 spiro atoms. The first kappa shape index (κ1) is 25.9. The minimum Gasteiger partial charge on any atom is -0.493 e. The Balaban J connectivity index is 0.00000129. The van der Waals surface area contributed by atoms with Crippen LogP contribution in [0.4, 0.5) is 0 Å². The number of hydrogen-bond acceptors (Lipinski definition) is 5. The van der Waals surface area contributed by atoms with Crippen LogP contribution < -0.4 is 9.47 Å². The lowest BCUT2D eigenvalue weighted by atomic mass is 10.0. The minimum absolute atomic E-state index is 0.250. The lowest BCUT2D eigenvalue weighted by Gasteiger charge is -2.20. The fourth-order valence-corrected chi connectivity index (χ4v) is 3.20. The number of para-hydroxylation sites is 1. The molecular formula is C28H28O6. The lowest BCUT2D eigenvalue weighted by Crippen LogP contribution is -2.10. The molecule has 3 aromatic rings. The highest BCUT2D eigenvalue weighted by Crippen LogP contribution is 2.37. The molecule has 0 aliphatic rings. The van der Waals surface area contributed by atoms with Gasteiger partial charge in [0, 0.05) is 18.1 Å². The summed E-state index contributed by atoms with van der Waals surface area (Å²) in [5.41, 5.74) is 2.76. The molecule has 34 heavy (non-hydrogen) atoms.